The largest absolute Gasteiger partial charge is 0.503 e. The number of aryl methyl sites for hydroxylation is 1. The molecule has 1 N–H and O–H groups in total. The Morgan fingerprint density at radius 3 is 2.51 bits per heavy atom. The molecule has 228 valence electrons. The molecule has 0 radical (unpaired) electrons. The Morgan fingerprint density at radius 2 is 1.84 bits per heavy atom. The van der Waals surface area contributed by atoms with Gasteiger partial charge < -0.3 is 19.8 Å². The topological polar surface area (TPSA) is 90.6 Å². The number of alkyl halides is 3. The van der Waals surface area contributed by atoms with Gasteiger partial charge in [0.2, 0.25) is 11.9 Å². The first-order chi connectivity index (χ1) is 20.3. The second kappa shape index (κ2) is 11.7. The van der Waals surface area contributed by atoms with Crippen LogP contribution in [0.4, 0.5) is 27.9 Å². The lowest BCUT2D eigenvalue weighted by atomic mass is 10.0. The minimum atomic E-state index is -5.18. The number of carbonyl (C=O) groups is 1. The molecule has 4 aromatic rings. The van der Waals surface area contributed by atoms with E-state index in [2.05, 4.69) is 15.1 Å². The number of phenols is 1. The number of rotatable bonds is 7. The number of aromatic hydroxyl groups is 1. The molecule has 0 bridgehead atoms. The van der Waals surface area contributed by atoms with Crippen LogP contribution < -0.4 is 4.90 Å². The fourth-order valence-electron chi connectivity index (χ4n) is 5.25. The van der Waals surface area contributed by atoms with Crippen LogP contribution in [0.3, 0.4) is 0 Å². The number of amides is 1. The summed E-state index contributed by atoms with van der Waals surface area (Å²) in [6, 6.07) is 9.84. The van der Waals surface area contributed by atoms with Crippen molar-refractivity contribution >= 4 is 22.9 Å². The van der Waals surface area contributed by atoms with E-state index in [9.17, 15) is 31.9 Å². The van der Waals surface area contributed by atoms with Gasteiger partial charge in [-0.25, -0.2) is 18.4 Å². The van der Waals surface area contributed by atoms with Gasteiger partial charge in [0.25, 0.3) is 0 Å². The molecule has 0 saturated carbocycles. The van der Waals surface area contributed by atoms with Crippen molar-refractivity contribution in [2.24, 2.45) is 7.05 Å². The van der Waals surface area contributed by atoms with Gasteiger partial charge in [-0.1, -0.05) is 30.3 Å². The van der Waals surface area contributed by atoms with Gasteiger partial charge in [0.1, 0.15) is 5.69 Å². The number of aromatic nitrogens is 4. The number of carbonyl (C=O) groups excluding carboxylic acids is 1. The molecule has 0 unspecified atom stereocenters. The van der Waals surface area contributed by atoms with Crippen LogP contribution in [0.2, 0.25) is 0 Å². The summed E-state index contributed by atoms with van der Waals surface area (Å²) in [7, 11) is 5.30. The molecule has 1 aliphatic rings. The maximum atomic E-state index is 14.9. The van der Waals surface area contributed by atoms with Gasteiger partial charge in [0, 0.05) is 51.4 Å². The Morgan fingerprint density at radius 1 is 1.12 bits per heavy atom. The summed E-state index contributed by atoms with van der Waals surface area (Å²) in [4.78, 5) is 27.8. The lowest BCUT2D eigenvalue weighted by Crippen LogP contribution is -2.56. The number of benzene rings is 2. The fourth-order valence-corrected chi connectivity index (χ4v) is 5.25. The van der Waals surface area contributed by atoms with Gasteiger partial charge in [0.15, 0.2) is 23.0 Å². The van der Waals surface area contributed by atoms with Crippen LogP contribution in [0.5, 0.6) is 5.75 Å². The summed E-state index contributed by atoms with van der Waals surface area (Å²) >= 11 is 0. The van der Waals surface area contributed by atoms with E-state index in [0.717, 1.165) is 5.56 Å². The number of halogens is 5. The quantitative estimate of drug-likeness (QED) is 0.316. The average molecular weight is 604 g/mol. The average Bonchev–Trinajstić information content (AvgIpc) is 3.29. The SMILES string of the molecule is CN(C)CCC(=O)N1CCN(c2ncc3c(-c4cc(C(F)(F)F)c(F)c(O)c4F)nn(C)c3n2)[C@H](Cc2ccccc2)C1. The molecular formula is C29H30F5N7O2. The first-order valence-electron chi connectivity index (χ1n) is 13.6. The van der Waals surface area contributed by atoms with Gasteiger partial charge in [-0.2, -0.15) is 23.3 Å². The molecule has 1 atom stereocenters. The molecule has 14 heteroatoms. The number of fused-ring (bicyclic) bond motifs is 1. The van der Waals surface area contributed by atoms with E-state index in [1.54, 1.807) is 0 Å². The summed E-state index contributed by atoms with van der Waals surface area (Å²) in [5, 5.41) is 14.1. The minimum absolute atomic E-state index is 0.0434. The van der Waals surface area contributed by atoms with Crippen molar-refractivity contribution < 1.29 is 31.9 Å². The lowest BCUT2D eigenvalue weighted by Gasteiger charge is -2.41. The smallest absolute Gasteiger partial charge is 0.419 e. The van der Waals surface area contributed by atoms with E-state index >= 15 is 0 Å². The summed E-state index contributed by atoms with van der Waals surface area (Å²) in [5.41, 5.74) is -1.59. The number of piperazine rings is 1. The zero-order chi connectivity index (χ0) is 31.1. The predicted octanol–water partition coefficient (Wildman–Crippen LogP) is 4.24. The van der Waals surface area contributed by atoms with Crippen LogP contribution in [0.25, 0.3) is 22.3 Å². The minimum Gasteiger partial charge on any atom is -0.503 e. The van der Waals surface area contributed by atoms with E-state index in [1.165, 1.54) is 17.9 Å². The number of anilines is 1. The first kappa shape index (κ1) is 30.1. The second-order valence-electron chi connectivity index (χ2n) is 10.8. The van der Waals surface area contributed by atoms with E-state index in [1.807, 2.05) is 59.1 Å². The van der Waals surface area contributed by atoms with Gasteiger partial charge in [-0.15, -0.1) is 0 Å². The second-order valence-corrected chi connectivity index (χ2v) is 10.8. The molecule has 0 aliphatic carbocycles. The standard InChI is InChI=1S/C29H30F5N7O2/c1-38(2)10-9-22(42)40-11-12-41(18(16-40)13-17-7-5-4-6-8-17)28-35-15-20-25(37-39(3)27(20)36-28)19-14-21(29(32,33)34)24(31)26(43)23(19)30/h4-8,14-15,18,43H,9-13,16H2,1-3H3/t18-/m1/s1. The van der Waals surface area contributed by atoms with E-state index in [4.69, 9.17) is 0 Å². The van der Waals surface area contributed by atoms with E-state index < -0.39 is 34.7 Å². The van der Waals surface area contributed by atoms with Gasteiger partial charge >= 0.3 is 6.18 Å². The molecule has 1 fully saturated rings. The highest BCUT2D eigenvalue weighted by atomic mass is 19.4. The third-order valence-corrected chi connectivity index (χ3v) is 7.48. The third kappa shape index (κ3) is 6.10. The number of nitrogens with zero attached hydrogens (tertiary/aromatic N) is 7. The zero-order valence-corrected chi connectivity index (χ0v) is 23.7. The lowest BCUT2D eigenvalue weighted by molar-refractivity contribution is -0.140. The Labute approximate surface area is 244 Å². The van der Waals surface area contributed by atoms with Crippen molar-refractivity contribution in [3.8, 4) is 17.0 Å². The predicted molar refractivity (Wildman–Crippen MR) is 149 cm³/mol. The number of hydrogen-bond acceptors (Lipinski definition) is 7. The Kier molecular flexibility index (Phi) is 8.23. The van der Waals surface area contributed by atoms with Crippen LogP contribution >= 0.6 is 0 Å². The third-order valence-electron chi connectivity index (χ3n) is 7.48. The molecule has 2 aromatic heterocycles. The Balaban J connectivity index is 1.51. The first-order valence-corrected chi connectivity index (χ1v) is 13.6. The summed E-state index contributed by atoms with van der Waals surface area (Å²) in [6.45, 7) is 1.92. The highest BCUT2D eigenvalue weighted by molar-refractivity contribution is 5.91. The van der Waals surface area contributed by atoms with E-state index in [0.29, 0.717) is 45.0 Å². The van der Waals surface area contributed by atoms with Crippen LogP contribution in [-0.4, -0.2) is 86.9 Å². The maximum Gasteiger partial charge on any atom is 0.419 e. The molecule has 1 aliphatic heterocycles. The normalized spacial score (nSPS) is 16.0. The highest BCUT2D eigenvalue weighted by Gasteiger charge is 2.38. The van der Waals surface area contributed by atoms with Crippen molar-refractivity contribution in [3.63, 3.8) is 0 Å². The molecule has 0 spiro atoms. The number of phenolic OH excluding ortho intramolecular Hbond substituents is 1. The molecule has 1 amide bonds. The molecule has 3 heterocycles. The molecule has 2 aromatic carbocycles. The molecule has 5 rings (SSSR count). The maximum absolute atomic E-state index is 14.9. The molecule has 43 heavy (non-hydrogen) atoms. The van der Waals surface area contributed by atoms with Crippen molar-refractivity contribution in [2.45, 2.75) is 25.1 Å². The molecule has 9 nitrogen and oxygen atoms in total. The van der Waals surface area contributed by atoms with Crippen LogP contribution in [0.15, 0.2) is 42.6 Å². The summed E-state index contributed by atoms with van der Waals surface area (Å²) in [6.07, 6.45) is -2.88. The Bertz CT molecular complexity index is 1640. The van der Waals surface area contributed by atoms with Crippen molar-refractivity contribution in [2.75, 3.05) is 45.2 Å². The van der Waals surface area contributed by atoms with Crippen LogP contribution in [-0.2, 0) is 24.4 Å². The van der Waals surface area contributed by atoms with Gasteiger partial charge in [0.05, 0.1) is 17.0 Å². The van der Waals surface area contributed by atoms with Crippen molar-refractivity contribution in [1.82, 2.24) is 29.5 Å². The van der Waals surface area contributed by atoms with E-state index in [-0.39, 0.29) is 34.7 Å². The number of hydrogen-bond donors (Lipinski definition) is 1. The van der Waals surface area contributed by atoms with Gasteiger partial charge in [-0.05, 0) is 32.1 Å². The molecule has 1 saturated heterocycles. The van der Waals surface area contributed by atoms with Crippen molar-refractivity contribution in [3.05, 3.63) is 65.4 Å². The summed E-state index contributed by atoms with van der Waals surface area (Å²) in [5.74, 6) is -5.07. The van der Waals surface area contributed by atoms with Gasteiger partial charge in [-0.3, -0.25) is 4.79 Å². The Hall–Kier alpha value is -4.33. The van der Waals surface area contributed by atoms with Crippen LogP contribution in [0, 0.1) is 11.6 Å². The summed E-state index contributed by atoms with van der Waals surface area (Å²) < 4.78 is 70.5. The fraction of sp³-hybridized carbons (Fsp3) is 0.379. The highest BCUT2D eigenvalue weighted by Crippen LogP contribution is 2.41. The monoisotopic (exact) mass is 603 g/mol. The molecular weight excluding hydrogens is 573 g/mol. The zero-order valence-electron chi connectivity index (χ0n) is 23.7. The van der Waals surface area contributed by atoms with Crippen molar-refractivity contribution in [1.29, 1.82) is 0 Å². The van der Waals surface area contributed by atoms with Crippen LogP contribution in [0.1, 0.15) is 17.5 Å².